The summed E-state index contributed by atoms with van der Waals surface area (Å²) in [4.78, 5) is 24.8. The highest BCUT2D eigenvalue weighted by Gasteiger charge is 2.22. The van der Waals surface area contributed by atoms with Crippen molar-refractivity contribution in [3.8, 4) is 0 Å². The van der Waals surface area contributed by atoms with Crippen LogP contribution in [0.2, 0.25) is 0 Å². The van der Waals surface area contributed by atoms with Gasteiger partial charge in [-0.3, -0.25) is 13.9 Å². The fraction of sp³-hybridized carbons (Fsp3) is 0.192. The maximum atomic E-state index is 12.5. The van der Waals surface area contributed by atoms with E-state index in [0.29, 0.717) is 22.6 Å². The number of nitrogens with zero attached hydrogens (tertiary/aromatic N) is 2. The molecule has 0 bridgehead atoms. The Morgan fingerprint density at radius 3 is 2.20 bits per heavy atom. The van der Waals surface area contributed by atoms with E-state index in [0.717, 1.165) is 27.3 Å². The first-order valence-corrected chi connectivity index (χ1v) is 12.7. The topological polar surface area (TPSA) is 108 Å². The molecule has 2 amide bonds. The maximum absolute atomic E-state index is 12.5. The fourth-order valence-electron chi connectivity index (χ4n) is 3.33. The molecule has 0 aliphatic rings. The van der Waals surface area contributed by atoms with E-state index in [2.05, 4.69) is 15.8 Å². The number of sulfonamides is 1. The number of anilines is 2. The molecule has 0 aliphatic carbocycles. The maximum Gasteiger partial charge on any atom is 0.260 e. The van der Waals surface area contributed by atoms with Gasteiger partial charge in [0.05, 0.1) is 17.7 Å². The Hall–Kier alpha value is -3.98. The van der Waals surface area contributed by atoms with Crippen LogP contribution in [0.3, 0.4) is 0 Å². The SMILES string of the molecule is C/C(=N/NC(=O)CN(c1cc(C)ccc1C)S(C)(=O)=O)c1ccc(NC(=O)c2ccccc2)cc1. The van der Waals surface area contributed by atoms with E-state index in [-0.39, 0.29) is 5.91 Å². The van der Waals surface area contributed by atoms with Crippen molar-refractivity contribution in [3.63, 3.8) is 0 Å². The van der Waals surface area contributed by atoms with Crippen molar-refractivity contribution in [3.05, 3.63) is 95.1 Å². The molecule has 2 N–H and O–H groups in total. The van der Waals surface area contributed by atoms with E-state index in [1.165, 1.54) is 0 Å². The fourth-order valence-corrected chi connectivity index (χ4v) is 4.24. The molecular weight excluding hydrogens is 464 g/mol. The largest absolute Gasteiger partial charge is 0.322 e. The Labute approximate surface area is 205 Å². The van der Waals surface area contributed by atoms with Crippen molar-refractivity contribution in [1.82, 2.24) is 5.43 Å². The standard InChI is InChI=1S/C26H28N4O4S/c1-18-10-11-19(2)24(16-18)30(35(4,33)34)17-25(31)29-28-20(3)21-12-14-23(15-13-21)27-26(32)22-8-6-5-7-9-22/h5-16H,17H2,1-4H3,(H,27,32)(H,29,31)/b28-20-. The van der Waals surface area contributed by atoms with Crippen molar-refractivity contribution < 1.29 is 18.0 Å². The Morgan fingerprint density at radius 2 is 1.57 bits per heavy atom. The van der Waals surface area contributed by atoms with Gasteiger partial charge in [-0.05, 0) is 67.8 Å². The van der Waals surface area contributed by atoms with Crippen LogP contribution in [-0.2, 0) is 14.8 Å². The zero-order chi connectivity index (χ0) is 25.6. The average Bonchev–Trinajstić information content (AvgIpc) is 2.83. The molecule has 0 aliphatic heterocycles. The van der Waals surface area contributed by atoms with Crippen LogP contribution in [0.15, 0.2) is 77.9 Å². The Morgan fingerprint density at radius 1 is 0.914 bits per heavy atom. The second kappa shape index (κ2) is 11.0. The van der Waals surface area contributed by atoms with Crippen LogP contribution in [0, 0.1) is 13.8 Å². The molecule has 0 unspecified atom stereocenters. The summed E-state index contributed by atoms with van der Waals surface area (Å²) >= 11 is 0. The highest BCUT2D eigenvalue weighted by molar-refractivity contribution is 7.92. The van der Waals surface area contributed by atoms with Gasteiger partial charge < -0.3 is 5.32 Å². The molecule has 9 heteroatoms. The molecule has 8 nitrogen and oxygen atoms in total. The zero-order valence-electron chi connectivity index (χ0n) is 20.1. The number of nitrogens with one attached hydrogen (secondary N) is 2. The number of carbonyl (C=O) groups is 2. The van der Waals surface area contributed by atoms with Crippen LogP contribution < -0.4 is 15.0 Å². The summed E-state index contributed by atoms with van der Waals surface area (Å²) in [7, 11) is -3.69. The highest BCUT2D eigenvalue weighted by Crippen LogP contribution is 2.23. The molecular formula is C26H28N4O4S. The molecule has 0 atom stereocenters. The molecule has 182 valence electrons. The second-order valence-corrected chi connectivity index (χ2v) is 10.1. The molecule has 0 saturated carbocycles. The lowest BCUT2D eigenvalue weighted by Crippen LogP contribution is -2.39. The number of benzene rings is 3. The minimum absolute atomic E-state index is 0.213. The van der Waals surface area contributed by atoms with E-state index in [1.54, 1.807) is 68.4 Å². The lowest BCUT2D eigenvalue weighted by Gasteiger charge is -2.23. The van der Waals surface area contributed by atoms with Crippen LogP contribution in [0.25, 0.3) is 0 Å². The molecule has 0 radical (unpaired) electrons. The zero-order valence-corrected chi connectivity index (χ0v) is 20.9. The number of amides is 2. The number of rotatable bonds is 8. The molecule has 0 fully saturated rings. The summed E-state index contributed by atoms with van der Waals surface area (Å²) in [5, 5.41) is 6.93. The van der Waals surface area contributed by atoms with Gasteiger partial charge >= 0.3 is 0 Å². The first kappa shape index (κ1) is 25.6. The van der Waals surface area contributed by atoms with Gasteiger partial charge in [-0.2, -0.15) is 5.10 Å². The van der Waals surface area contributed by atoms with Crippen LogP contribution in [0.1, 0.15) is 34.0 Å². The van der Waals surface area contributed by atoms with Gasteiger partial charge in [0.25, 0.3) is 11.8 Å². The number of hydrogen-bond donors (Lipinski definition) is 2. The molecule has 0 heterocycles. The summed E-state index contributed by atoms with van der Waals surface area (Å²) in [6.45, 7) is 4.97. The lowest BCUT2D eigenvalue weighted by molar-refractivity contribution is -0.119. The van der Waals surface area contributed by atoms with Crippen LogP contribution in [0.4, 0.5) is 11.4 Å². The van der Waals surface area contributed by atoms with Gasteiger partial charge in [0.1, 0.15) is 6.54 Å². The van der Waals surface area contributed by atoms with Gasteiger partial charge in [0, 0.05) is 11.3 Å². The normalized spacial score (nSPS) is 11.6. The van der Waals surface area contributed by atoms with Gasteiger partial charge in [0.2, 0.25) is 10.0 Å². The smallest absolute Gasteiger partial charge is 0.260 e. The quantitative estimate of drug-likeness (QED) is 0.368. The highest BCUT2D eigenvalue weighted by atomic mass is 32.2. The molecule has 0 saturated heterocycles. The Balaban J connectivity index is 1.66. The molecule has 3 aromatic rings. The van der Waals surface area contributed by atoms with E-state index in [1.807, 2.05) is 25.1 Å². The van der Waals surface area contributed by atoms with Gasteiger partial charge in [-0.1, -0.05) is 42.5 Å². The second-order valence-electron chi connectivity index (χ2n) is 8.19. The molecule has 35 heavy (non-hydrogen) atoms. The summed E-state index contributed by atoms with van der Waals surface area (Å²) in [5.74, 6) is -0.780. The van der Waals surface area contributed by atoms with Crippen molar-refractivity contribution >= 4 is 38.9 Å². The van der Waals surface area contributed by atoms with E-state index >= 15 is 0 Å². The third-order valence-corrected chi connectivity index (χ3v) is 6.39. The number of aryl methyl sites for hydroxylation is 2. The predicted molar refractivity (Wildman–Crippen MR) is 139 cm³/mol. The number of carbonyl (C=O) groups excluding carboxylic acids is 2. The third-order valence-electron chi connectivity index (χ3n) is 5.27. The Bertz CT molecular complexity index is 1350. The monoisotopic (exact) mass is 492 g/mol. The number of hydrogen-bond acceptors (Lipinski definition) is 5. The number of hydrazone groups is 1. The van der Waals surface area contributed by atoms with Gasteiger partial charge in [-0.25, -0.2) is 13.8 Å². The summed E-state index contributed by atoms with van der Waals surface area (Å²) < 4.78 is 25.8. The van der Waals surface area contributed by atoms with E-state index < -0.39 is 22.5 Å². The molecule has 0 aromatic heterocycles. The average molecular weight is 493 g/mol. The molecule has 3 rings (SSSR count). The minimum Gasteiger partial charge on any atom is -0.322 e. The van der Waals surface area contributed by atoms with E-state index in [4.69, 9.17) is 0 Å². The molecule has 3 aromatic carbocycles. The van der Waals surface area contributed by atoms with Crippen molar-refractivity contribution in [1.29, 1.82) is 0 Å². The first-order valence-electron chi connectivity index (χ1n) is 10.9. The van der Waals surface area contributed by atoms with Crippen LogP contribution >= 0.6 is 0 Å². The van der Waals surface area contributed by atoms with Crippen molar-refractivity contribution in [2.24, 2.45) is 5.10 Å². The van der Waals surface area contributed by atoms with E-state index in [9.17, 15) is 18.0 Å². The summed E-state index contributed by atoms with van der Waals surface area (Å²) in [6.07, 6.45) is 1.06. The van der Waals surface area contributed by atoms with Crippen molar-refractivity contribution in [2.45, 2.75) is 20.8 Å². The van der Waals surface area contributed by atoms with Crippen LogP contribution in [0.5, 0.6) is 0 Å². The molecule has 0 spiro atoms. The first-order chi connectivity index (χ1) is 16.5. The minimum atomic E-state index is -3.69. The predicted octanol–water partition coefficient (Wildman–Crippen LogP) is 3.86. The third kappa shape index (κ3) is 7.00. The Kier molecular flexibility index (Phi) is 8.03. The van der Waals surface area contributed by atoms with Crippen molar-refractivity contribution in [2.75, 3.05) is 22.4 Å². The van der Waals surface area contributed by atoms with Gasteiger partial charge in [-0.15, -0.1) is 0 Å². The van der Waals surface area contributed by atoms with Crippen LogP contribution in [-0.4, -0.2) is 38.7 Å². The van der Waals surface area contributed by atoms with Gasteiger partial charge in [0.15, 0.2) is 0 Å². The summed E-state index contributed by atoms with van der Waals surface area (Å²) in [5.41, 5.74) is 6.95. The summed E-state index contributed by atoms with van der Waals surface area (Å²) in [6, 6.07) is 21.3. The lowest BCUT2D eigenvalue weighted by atomic mass is 10.1.